The third-order valence-electron chi connectivity index (χ3n) is 5.89. The van der Waals surface area contributed by atoms with E-state index in [0.29, 0.717) is 17.5 Å². The summed E-state index contributed by atoms with van der Waals surface area (Å²) in [7, 11) is 0. The van der Waals surface area contributed by atoms with Crippen molar-refractivity contribution in [2.75, 3.05) is 5.75 Å². The smallest absolute Gasteiger partial charge is 0.250 e. The molecule has 0 atom stereocenters. The summed E-state index contributed by atoms with van der Waals surface area (Å²) in [5.41, 5.74) is 5.22. The van der Waals surface area contributed by atoms with Gasteiger partial charge in [0.05, 0.1) is 11.5 Å². The highest BCUT2D eigenvalue weighted by atomic mass is 35.5. The predicted molar refractivity (Wildman–Crippen MR) is 136 cm³/mol. The van der Waals surface area contributed by atoms with Crippen LogP contribution >= 0.6 is 23.4 Å². The number of phenolic OH excluding ortho intramolecular Hbond substituents is 1. The fraction of sp³-hybridized carbons (Fsp3) is 0.360. The van der Waals surface area contributed by atoms with Crippen molar-refractivity contribution in [2.24, 2.45) is 5.10 Å². The summed E-state index contributed by atoms with van der Waals surface area (Å²) in [6.45, 7) is 1.97. The van der Waals surface area contributed by atoms with E-state index in [1.807, 2.05) is 31.2 Å². The highest BCUT2D eigenvalue weighted by molar-refractivity contribution is 7.99. The Morgan fingerprint density at radius 3 is 2.50 bits per heavy atom. The Balaban J connectivity index is 1.48. The Kier molecular flexibility index (Phi) is 8.24. The number of phenols is 1. The number of amides is 1. The van der Waals surface area contributed by atoms with Crippen molar-refractivity contribution >= 4 is 35.0 Å². The van der Waals surface area contributed by atoms with Gasteiger partial charge >= 0.3 is 0 Å². The number of nitrogens with zero attached hydrogens (tertiary/aromatic N) is 4. The summed E-state index contributed by atoms with van der Waals surface area (Å²) in [4.78, 5) is 12.6. The topological polar surface area (TPSA) is 92.4 Å². The van der Waals surface area contributed by atoms with Gasteiger partial charge in [-0.3, -0.25) is 9.36 Å². The van der Waals surface area contributed by atoms with Gasteiger partial charge < -0.3 is 5.11 Å². The molecule has 1 aliphatic rings. The molecule has 178 valence electrons. The molecule has 9 heteroatoms. The van der Waals surface area contributed by atoms with Crippen LogP contribution in [0.2, 0.25) is 5.02 Å². The molecule has 0 saturated heterocycles. The van der Waals surface area contributed by atoms with Crippen LogP contribution < -0.4 is 5.43 Å². The third kappa shape index (κ3) is 5.98. The normalized spacial score (nSPS) is 14.8. The first-order chi connectivity index (χ1) is 16.5. The highest BCUT2D eigenvalue weighted by Gasteiger charge is 2.24. The van der Waals surface area contributed by atoms with Crippen LogP contribution in [0.3, 0.4) is 0 Å². The average molecular weight is 498 g/mol. The number of halogens is 1. The van der Waals surface area contributed by atoms with E-state index in [2.05, 4.69) is 25.3 Å². The molecule has 1 aromatic heterocycles. The maximum atomic E-state index is 12.6. The monoisotopic (exact) mass is 497 g/mol. The summed E-state index contributed by atoms with van der Waals surface area (Å²) in [6.07, 6.45) is 6.42. The number of benzene rings is 2. The second-order valence-electron chi connectivity index (χ2n) is 8.26. The minimum absolute atomic E-state index is 0.182. The van der Waals surface area contributed by atoms with Crippen molar-refractivity contribution in [3.8, 4) is 17.1 Å². The van der Waals surface area contributed by atoms with Gasteiger partial charge in [0.2, 0.25) is 0 Å². The molecule has 0 radical (unpaired) electrons. The molecule has 2 N–H and O–H groups in total. The van der Waals surface area contributed by atoms with Crippen molar-refractivity contribution in [1.29, 1.82) is 0 Å². The molecule has 1 heterocycles. The van der Waals surface area contributed by atoms with E-state index in [0.717, 1.165) is 40.7 Å². The first kappa shape index (κ1) is 24.3. The quantitative estimate of drug-likeness (QED) is 0.232. The van der Waals surface area contributed by atoms with E-state index in [1.165, 1.54) is 31.0 Å². The maximum Gasteiger partial charge on any atom is 0.250 e. The van der Waals surface area contributed by atoms with Crippen LogP contribution in [-0.4, -0.2) is 37.2 Å². The zero-order valence-corrected chi connectivity index (χ0v) is 20.6. The number of carbonyl (C=O) groups excluding carboxylic acids is 1. The number of rotatable bonds is 8. The van der Waals surface area contributed by atoms with Crippen LogP contribution in [0.1, 0.15) is 57.1 Å². The molecule has 34 heavy (non-hydrogen) atoms. The molecule has 1 amide bonds. The summed E-state index contributed by atoms with van der Waals surface area (Å²) < 4.78 is 2.19. The second-order valence-corrected chi connectivity index (χ2v) is 9.64. The first-order valence-corrected chi connectivity index (χ1v) is 12.9. The van der Waals surface area contributed by atoms with E-state index in [1.54, 1.807) is 24.3 Å². The predicted octanol–water partition coefficient (Wildman–Crippen LogP) is 5.83. The van der Waals surface area contributed by atoms with Gasteiger partial charge in [0.15, 0.2) is 11.0 Å². The van der Waals surface area contributed by atoms with E-state index in [4.69, 9.17) is 11.6 Å². The number of aromatic hydroxyl groups is 1. The minimum Gasteiger partial charge on any atom is -0.508 e. The van der Waals surface area contributed by atoms with E-state index < -0.39 is 0 Å². The molecule has 0 bridgehead atoms. The minimum atomic E-state index is -0.207. The maximum absolute atomic E-state index is 12.6. The third-order valence-corrected chi connectivity index (χ3v) is 7.09. The molecular formula is C25H28ClN5O2S. The lowest BCUT2D eigenvalue weighted by molar-refractivity contribution is -0.118. The molecule has 0 unspecified atom stereocenters. The molecule has 3 aromatic rings. The summed E-state index contributed by atoms with van der Waals surface area (Å²) in [6, 6.07) is 14.7. The number of hydrogen-bond donors (Lipinski definition) is 2. The van der Waals surface area contributed by atoms with Gasteiger partial charge in [-0.05, 0) is 73.4 Å². The molecule has 0 aliphatic heterocycles. The number of aromatic nitrogens is 3. The van der Waals surface area contributed by atoms with Gasteiger partial charge in [0, 0.05) is 16.6 Å². The first-order valence-electron chi connectivity index (χ1n) is 11.5. The SMILES string of the molecule is CC/C(=N/NC(=O)CSc1nnc(-c2ccc(Cl)cc2)n1C1CCCCC1)c1ccc(O)cc1. The van der Waals surface area contributed by atoms with Crippen LogP contribution in [0.25, 0.3) is 11.4 Å². The fourth-order valence-corrected chi connectivity index (χ4v) is 5.06. The molecular weight excluding hydrogens is 470 g/mol. The van der Waals surface area contributed by atoms with Crippen molar-refractivity contribution < 1.29 is 9.90 Å². The van der Waals surface area contributed by atoms with Gasteiger partial charge in [-0.15, -0.1) is 10.2 Å². The van der Waals surface area contributed by atoms with Gasteiger partial charge in [-0.2, -0.15) is 5.10 Å². The fourth-order valence-electron chi connectivity index (χ4n) is 4.13. The molecule has 0 spiro atoms. The van der Waals surface area contributed by atoms with Crippen LogP contribution in [0, 0.1) is 0 Å². The lowest BCUT2D eigenvalue weighted by Crippen LogP contribution is -2.22. The average Bonchev–Trinajstić information content (AvgIpc) is 3.29. The molecule has 1 aliphatic carbocycles. The Labute approximate surface area is 208 Å². The Hall–Kier alpha value is -2.84. The van der Waals surface area contributed by atoms with Gasteiger partial charge in [0.1, 0.15) is 5.75 Å². The molecule has 2 aromatic carbocycles. The van der Waals surface area contributed by atoms with Crippen LogP contribution in [0.15, 0.2) is 58.8 Å². The van der Waals surface area contributed by atoms with Crippen LogP contribution in [-0.2, 0) is 4.79 Å². The van der Waals surface area contributed by atoms with E-state index in [-0.39, 0.29) is 17.4 Å². The van der Waals surface area contributed by atoms with Crippen molar-refractivity contribution in [3.05, 3.63) is 59.1 Å². The lowest BCUT2D eigenvalue weighted by Gasteiger charge is -2.25. The summed E-state index contributed by atoms with van der Waals surface area (Å²) >= 11 is 7.45. The second kappa shape index (κ2) is 11.5. The number of carbonyl (C=O) groups is 1. The summed E-state index contributed by atoms with van der Waals surface area (Å²) in [5.74, 6) is 0.979. The number of hydrogen-bond acceptors (Lipinski definition) is 6. The summed E-state index contributed by atoms with van der Waals surface area (Å²) in [5, 5.41) is 24.1. The zero-order chi connectivity index (χ0) is 23.9. The van der Waals surface area contributed by atoms with Gasteiger partial charge in [0.25, 0.3) is 5.91 Å². The molecule has 7 nitrogen and oxygen atoms in total. The number of hydrazone groups is 1. The Morgan fingerprint density at radius 1 is 1.12 bits per heavy atom. The van der Waals surface area contributed by atoms with E-state index in [9.17, 15) is 9.90 Å². The van der Waals surface area contributed by atoms with Crippen molar-refractivity contribution in [3.63, 3.8) is 0 Å². The van der Waals surface area contributed by atoms with Gasteiger partial charge in [-0.1, -0.05) is 49.5 Å². The van der Waals surface area contributed by atoms with Crippen molar-refractivity contribution in [2.45, 2.75) is 56.6 Å². The molecule has 1 saturated carbocycles. The van der Waals surface area contributed by atoms with Gasteiger partial charge in [-0.25, -0.2) is 5.43 Å². The molecule has 4 rings (SSSR count). The Morgan fingerprint density at radius 2 is 1.82 bits per heavy atom. The van der Waals surface area contributed by atoms with E-state index >= 15 is 0 Å². The zero-order valence-electron chi connectivity index (χ0n) is 19.1. The standard InChI is InChI=1S/C25H28ClN5O2S/c1-2-22(17-10-14-21(32)15-11-17)27-28-23(33)16-34-25-30-29-24(18-8-12-19(26)13-9-18)31(25)20-6-4-3-5-7-20/h8-15,20,32H,2-7,16H2,1H3,(H,28,33)/b27-22-. The van der Waals surface area contributed by atoms with Crippen molar-refractivity contribution in [1.82, 2.24) is 20.2 Å². The largest absolute Gasteiger partial charge is 0.508 e. The Bertz CT molecular complexity index is 1140. The van der Waals surface area contributed by atoms with Crippen LogP contribution in [0.5, 0.6) is 5.75 Å². The number of nitrogens with one attached hydrogen (secondary N) is 1. The highest BCUT2D eigenvalue weighted by Crippen LogP contribution is 2.35. The number of thioether (sulfide) groups is 1. The lowest BCUT2D eigenvalue weighted by atomic mass is 9.95. The molecule has 1 fully saturated rings. The van der Waals surface area contributed by atoms with Crippen LogP contribution in [0.4, 0.5) is 0 Å².